The Balaban J connectivity index is 2.03. The Labute approximate surface area is 130 Å². The summed E-state index contributed by atoms with van der Waals surface area (Å²) in [5.41, 5.74) is 0. The SMILES string of the molecule is CCCNCCCCCCOc1cc(Br)ccc1Cl. The lowest BCUT2D eigenvalue weighted by molar-refractivity contribution is 0.304. The maximum Gasteiger partial charge on any atom is 0.139 e. The van der Waals surface area contributed by atoms with Crippen LogP contribution in [0.1, 0.15) is 39.0 Å². The summed E-state index contributed by atoms with van der Waals surface area (Å²) in [6, 6.07) is 5.68. The van der Waals surface area contributed by atoms with Crippen LogP contribution in [0.2, 0.25) is 5.02 Å². The topological polar surface area (TPSA) is 21.3 Å². The lowest BCUT2D eigenvalue weighted by atomic mass is 10.2. The molecule has 2 nitrogen and oxygen atoms in total. The summed E-state index contributed by atoms with van der Waals surface area (Å²) in [7, 11) is 0. The Morgan fingerprint density at radius 2 is 1.95 bits per heavy atom. The molecule has 1 rings (SSSR count). The fraction of sp³-hybridized carbons (Fsp3) is 0.600. The van der Waals surface area contributed by atoms with Gasteiger partial charge in [0.2, 0.25) is 0 Å². The minimum Gasteiger partial charge on any atom is -0.492 e. The lowest BCUT2D eigenvalue weighted by Gasteiger charge is -2.08. The fourth-order valence-corrected chi connectivity index (χ4v) is 2.29. The van der Waals surface area contributed by atoms with Crippen LogP contribution in [0.3, 0.4) is 0 Å². The normalized spacial score (nSPS) is 10.7. The molecule has 0 saturated carbocycles. The van der Waals surface area contributed by atoms with E-state index in [4.69, 9.17) is 16.3 Å². The van der Waals surface area contributed by atoms with Crippen molar-refractivity contribution in [1.82, 2.24) is 5.32 Å². The molecule has 0 atom stereocenters. The zero-order chi connectivity index (χ0) is 13.9. The summed E-state index contributed by atoms with van der Waals surface area (Å²) < 4.78 is 6.68. The Kier molecular flexibility index (Phi) is 9.31. The van der Waals surface area contributed by atoms with E-state index in [0.29, 0.717) is 5.02 Å². The van der Waals surface area contributed by atoms with Crippen LogP contribution in [0.4, 0.5) is 0 Å². The van der Waals surface area contributed by atoms with Gasteiger partial charge in [0.25, 0.3) is 0 Å². The molecule has 4 heteroatoms. The van der Waals surface area contributed by atoms with E-state index in [1.165, 1.54) is 25.7 Å². The van der Waals surface area contributed by atoms with Crippen molar-refractivity contribution < 1.29 is 4.74 Å². The second-order valence-corrected chi connectivity index (χ2v) is 5.91. The Morgan fingerprint density at radius 3 is 2.74 bits per heavy atom. The van der Waals surface area contributed by atoms with Crippen LogP contribution in [0, 0.1) is 0 Å². The van der Waals surface area contributed by atoms with Gasteiger partial charge in [0.05, 0.1) is 11.6 Å². The average molecular weight is 349 g/mol. The molecule has 0 aliphatic carbocycles. The number of nitrogens with one attached hydrogen (secondary N) is 1. The highest BCUT2D eigenvalue weighted by atomic mass is 79.9. The van der Waals surface area contributed by atoms with E-state index in [9.17, 15) is 0 Å². The summed E-state index contributed by atoms with van der Waals surface area (Å²) in [5, 5.41) is 4.08. The van der Waals surface area contributed by atoms with Crippen molar-refractivity contribution in [2.24, 2.45) is 0 Å². The Bertz CT molecular complexity index is 360. The maximum absolute atomic E-state index is 6.05. The molecule has 0 aliphatic rings. The van der Waals surface area contributed by atoms with E-state index in [-0.39, 0.29) is 0 Å². The first-order chi connectivity index (χ1) is 9.24. The maximum atomic E-state index is 6.05. The van der Waals surface area contributed by atoms with Gasteiger partial charge in [-0.3, -0.25) is 0 Å². The van der Waals surface area contributed by atoms with Crippen molar-refractivity contribution in [1.29, 1.82) is 0 Å². The minimum absolute atomic E-state index is 0.673. The van der Waals surface area contributed by atoms with Crippen molar-refractivity contribution in [2.45, 2.75) is 39.0 Å². The molecular formula is C15H23BrClNO. The molecule has 0 heterocycles. The summed E-state index contributed by atoms with van der Waals surface area (Å²) in [5.74, 6) is 0.764. The Hall–Kier alpha value is -0.250. The smallest absolute Gasteiger partial charge is 0.139 e. The first kappa shape index (κ1) is 16.8. The van der Waals surface area contributed by atoms with Gasteiger partial charge in [0.1, 0.15) is 5.75 Å². The van der Waals surface area contributed by atoms with Crippen LogP contribution >= 0.6 is 27.5 Å². The summed E-state index contributed by atoms with van der Waals surface area (Å²) in [4.78, 5) is 0. The molecule has 1 aromatic rings. The molecule has 0 spiro atoms. The number of hydrogen-bond acceptors (Lipinski definition) is 2. The van der Waals surface area contributed by atoms with Crippen molar-refractivity contribution in [3.8, 4) is 5.75 Å². The van der Waals surface area contributed by atoms with Crippen LogP contribution in [-0.4, -0.2) is 19.7 Å². The summed E-state index contributed by atoms with van der Waals surface area (Å²) in [6.45, 7) is 5.19. The van der Waals surface area contributed by atoms with Crippen molar-refractivity contribution >= 4 is 27.5 Å². The van der Waals surface area contributed by atoms with Crippen LogP contribution < -0.4 is 10.1 Å². The molecule has 0 saturated heterocycles. The van der Waals surface area contributed by atoms with Gasteiger partial charge in [-0.25, -0.2) is 0 Å². The molecule has 0 amide bonds. The van der Waals surface area contributed by atoms with Crippen molar-refractivity contribution in [3.63, 3.8) is 0 Å². The number of hydrogen-bond donors (Lipinski definition) is 1. The Morgan fingerprint density at radius 1 is 1.16 bits per heavy atom. The predicted molar refractivity (Wildman–Crippen MR) is 86.3 cm³/mol. The van der Waals surface area contributed by atoms with Crippen molar-refractivity contribution in [3.05, 3.63) is 27.7 Å². The highest BCUT2D eigenvalue weighted by molar-refractivity contribution is 9.10. The second kappa shape index (κ2) is 10.5. The largest absolute Gasteiger partial charge is 0.492 e. The minimum atomic E-state index is 0.673. The number of rotatable bonds is 10. The molecule has 19 heavy (non-hydrogen) atoms. The standard InChI is InChI=1S/C15H23BrClNO/c1-2-9-18-10-5-3-4-6-11-19-15-12-13(16)7-8-14(15)17/h7-8,12,18H,2-6,9-11H2,1H3. The second-order valence-electron chi connectivity index (χ2n) is 4.59. The molecule has 108 valence electrons. The van der Waals surface area contributed by atoms with E-state index < -0.39 is 0 Å². The monoisotopic (exact) mass is 347 g/mol. The van der Waals surface area contributed by atoms with Crippen LogP contribution in [-0.2, 0) is 0 Å². The van der Waals surface area contributed by atoms with E-state index in [2.05, 4.69) is 28.2 Å². The molecule has 0 bridgehead atoms. The number of halogens is 2. The highest BCUT2D eigenvalue weighted by Gasteiger charge is 2.01. The molecule has 0 unspecified atom stereocenters. The first-order valence-corrected chi connectivity index (χ1v) is 8.19. The summed E-state index contributed by atoms with van der Waals surface area (Å²) in [6.07, 6.45) is 6.00. The molecule has 0 aliphatic heterocycles. The van der Waals surface area contributed by atoms with Crippen LogP contribution in [0.5, 0.6) is 5.75 Å². The van der Waals surface area contributed by atoms with Crippen LogP contribution in [0.15, 0.2) is 22.7 Å². The molecule has 0 aromatic heterocycles. The lowest BCUT2D eigenvalue weighted by Crippen LogP contribution is -2.15. The van der Waals surface area contributed by atoms with Gasteiger partial charge in [0, 0.05) is 4.47 Å². The van der Waals surface area contributed by atoms with Gasteiger partial charge in [-0.2, -0.15) is 0 Å². The zero-order valence-corrected chi connectivity index (χ0v) is 13.9. The quantitative estimate of drug-likeness (QED) is 0.598. The highest BCUT2D eigenvalue weighted by Crippen LogP contribution is 2.28. The third kappa shape index (κ3) is 7.81. The third-order valence-corrected chi connectivity index (χ3v) is 3.63. The first-order valence-electron chi connectivity index (χ1n) is 7.02. The number of unbranched alkanes of at least 4 members (excludes halogenated alkanes) is 3. The zero-order valence-electron chi connectivity index (χ0n) is 11.6. The van der Waals surface area contributed by atoms with Gasteiger partial charge >= 0.3 is 0 Å². The van der Waals surface area contributed by atoms with E-state index in [1.807, 2.05) is 18.2 Å². The number of ether oxygens (including phenoxy) is 1. The van der Waals surface area contributed by atoms with Gasteiger partial charge in [-0.1, -0.05) is 47.3 Å². The van der Waals surface area contributed by atoms with E-state index in [0.717, 1.165) is 36.3 Å². The van der Waals surface area contributed by atoms with Gasteiger partial charge in [-0.15, -0.1) is 0 Å². The molecule has 1 N–H and O–H groups in total. The third-order valence-electron chi connectivity index (χ3n) is 2.83. The fourth-order valence-electron chi connectivity index (χ4n) is 1.78. The molecule has 0 radical (unpaired) electrons. The van der Waals surface area contributed by atoms with E-state index >= 15 is 0 Å². The molecule has 1 aromatic carbocycles. The number of benzene rings is 1. The van der Waals surface area contributed by atoms with Gasteiger partial charge in [0.15, 0.2) is 0 Å². The van der Waals surface area contributed by atoms with Gasteiger partial charge in [-0.05, 0) is 50.6 Å². The average Bonchev–Trinajstić information content (AvgIpc) is 2.40. The molecular weight excluding hydrogens is 326 g/mol. The summed E-state index contributed by atoms with van der Waals surface area (Å²) >= 11 is 9.47. The van der Waals surface area contributed by atoms with Crippen molar-refractivity contribution in [2.75, 3.05) is 19.7 Å². The molecule has 0 fully saturated rings. The van der Waals surface area contributed by atoms with Crippen LogP contribution in [0.25, 0.3) is 0 Å². The predicted octanol–water partition coefficient (Wildman–Crippen LogP) is 5.04. The van der Waals surface area contributed by atoms with Gasteiger partial charge < -0.3 is 10.1 Å². The van der Waals surface area contributed by atoms with E-state index in [1.54, 1.807) is 0 Å².